The number of hydrogen-bond donors (Lipinski definition) is 0. The van der Waals surface area contributed by atoms with Crippen LogP contribution in [0.3, 0.4) is 0 Å². The second-order valence-corrected chi connectivity index (χ2v) is 4.90. The fourth-order valence-electron chi connectivity index (χ4n) is 1.69. The molecule has 0 N–H and O–H groups in total. The summed E-state index contributed by atoms with van der Waals surface area (Å²) in [7, 11) is 3.85. The first-order valence-electron chi connectivity index (χ1n) is 5.65. The summed E-state index contributed by atoms with van der Waals surface area (Å²) in [5.74, 6) is 2.30. The molecule has 94 valence electrons. The highest BCUT2D eigenvalue weighted by Crippen LogP contribution is 2.35. The van der Waals surface area contributed by atoms with Crippen LogP contribution in [0.15, 0.2) is 18.2 Å². The minimum Gasteiger partial charge on any atom is -0.486 e. The predicted octanol–water partition coefficient (Wildman–Crippen LogP) is 2.04. The van der Waals surface area contributed by atoms with E-state index in [2.05, 4.69) is 9.36 Å². The highest BCUT2D eigenvalue weighted by Gasteiger charge is 2.14. The van der Waals surface area contributed by atoms with E-state index in [-0.39, 0.29) is 0 Å². The van der Waals surface area contributed by atoms with Gasteiger partial charge in [-0.25, -0.2) is 0 Å². The molecule has 5 nitrogen and oxygen atoms in total. The van der Waals surface area contributed by atoms with Crippen molar-refractivity contribution in [1.29, 1.82) is 0 Å². The zero-order valence-corrected chi connectivity index (χ0v) is 11.0. The van der Waals surface area contributed by atoms with Gasteiger partial charge in [0.2, 0.25) is 5.95 Å². The Morgan fingerprint density at radius 3 is 2.67 bits per heavy atom. The first kappa shape index (κ1) is 11.3. The molecule has 1 aromatic heterocycles. The summed E-state index contributed by atoms with van der Waals surface area (Å²) >= 11 is 1.38. The molecule has 6 heteroatoms. The van der Waals surface area contributed by atoms with Crippen molar-refractivity contribution in [1.82, 2.24) is 9.36 Å². The van der Waals surface area contributed by atoms with Crippen LogP contribution in [-0.2, 0) is 0 Å². The zero-order valence-electron chi connectivity index (χ0n) is 10.2. The van der Waals surface area contributed by atoms with Crippen LogP contribution in [-0.4, -0.2) is 36.7 Å². The molecule has 18 heavy (non-hydrogen) atoms. The quantitative estimate of drug-likeness (QED) is 0.829. The molecule has 0 unspecified atom stereocenters. The number of aromatic nitrogens is 2. The maximum Gasteiger partial charge on any atom is 0.237 e. The van der Waals surface area contributed by atoms with Crippen molar-refractivity contribution in [2.24, 2.45) is 0 Å². The van der Waals surface area contributed by atoms with E-state index in [1.807, 2.05) is 37.2 Å². The first-order valence-corrected chi connectivity index (χ1v) is 6.42. The summed E-state index contributed by atoms with van der Waals surface area (Å²) in [5, 5.41) is 0.885. The minimum absolute atomic E-state index is 0.593. The van der Waals surface area contributed by atoms with Crippen LogP contribution in [0.1, 0.15) is 0 Å². The maximum atomic E-state index is 5.56. The first-order chi connectivity index (χ1) is 8.74. The van der Waals surface area contributed by atoms with Crippen LogP contribution in [0.4, 0.5) is 5.95 Å². The van der Waals surface area contributed by atoms with Crippen LogP contribution < -0.4 is 14.4 Å². The van der Waals surface area contributed by atoms with Crippen LogP contribution in [0.25, 0.3) is 10.6 Å². The van der Waals surface area contributed by atoms with Gasteiger partial charge in [0, 0.05) is 19.7 Å². The zero-order chi connectivity index (χ0) is 12.5. The molecule has 1 aromatic carbocycles. The third-order valence-corrected chi connectivity index (χ3v) is 3.36. The van der Waals surface area contributed by atoms with E-state index in [1.54, 1.807) is 0 Å². The van der Waals surface area contributed by atoms with Gasteiger partial charge in [0.15, 0.2) is 11.5 Å². The number of nitrogens with zero attached hydrogens (tertiary/aromatic N) is 3. The van der Waals surface area contributed by atoms with Crippen molar-refractivity contribution < 1.29 is 9.47 Å². The van der Waals surface area contributed by atoms with Crippen LogP contribution in [0, 0.1) is 0 Å². The topological polar surface area (TPSA) is 47.5 Å². The lowest BCUT2D eigenvalue weighted by Gasteiger charge is -2.18. The summed E-state index contributed by atoms with van der Waals surface area (Å²) in [6, 6.07) is 5.85. The molecule has 0 aliphatic carbocycles. The second kappa shape index (κ2) is 4.45. The van der Waals surface area contributed by atoms with E-state index >= 15 is 0 Å². The number of hydrogen-bond acceptors (Lipinski definition) is 6. The molecule has 2 heterocycles. The molecule has 0 spiro atoms. The van der Waals surface area contributed by atoms with Crippen LogP contribution in [0.5, 0.6) is 11.5 Å². The normalized spacial score (nSPS) is 13.4. The number of anilines is 1. The number of ether oxygens (including phenoxy) is 2. The SMILES string of the molecule is CN(C)c1nsc(-c2ccc3c(c2)OCCO3)n1. The van der Waals surface area contributed by atoms with Gasteiger partial charge in [0.05, 0.1) is 0 Å². The van der Waals surface area contributed by atoms with Crippen LogP contribution >= 0.6 is 11.5 Å². The van der Waals surface area contributed by atoms with Gasteiger partial charge in [-0.15, -0.1) is 0 Å². The average Bonchev–Trinajstić information content (AvgIpc) is 2.88. The van der Waals surface area contributed by atoms with Gasteiger partial charge in [0.25, 0.3) is 0 Å². The Kier molecular flexibility index (Phi) is 2.79. The van der Waals surface area contributed by atoms with Gasteiger partial charge in [-0.2, -0.15) is 9.36 Å². The summed E-state index contributed by atoms with van der Waals surface area (Å²) < 4.78 is 15.3. The largest absolute Gasteiger partial charge is 0.486 e. The standard InChI is InChI=1S/C12H13N3O2S/c1-15(2)12-13-11(18-14-12)8-3-4-9-10(7-8)17-6-5-16-9/h3-4,7H,5-6H2,1-2H3. The Labute approximate surface area is 109 Å². The van der Waals surface area contributed by atoms with Crippen molar-refractivity contribution in [2.75, 3.05) is 32.2 Å². The second-order valence-electron chi connectivity index (χ2n) is 4.15. The lowest BCUT2D eigenvalue weighted by Crippen LogP contribution is -2.15. The number of rotatable bonds is 2. The summed E-state index contributed by atoms with van der Waals surface area (Å²) in [5.41, 5.74) is 1.00. The van der Waals surface area contributed by atoms with E-state index in [1.165, 1.54) is 11.5 Å². The third kappa shape index (κ3) is 1.99. The average molecular weight is 263 g/mol. The summed E-state index contributed by atoms with van der Waals surface area (Å²) in [4.78, 5) is 6.35. The maximum absolute atomic E-state index is 5.56. The molecule has 0 bridgehead atoms. The number of benzene rings is 1. The minimum atomic E-state index is 0.593. The molecule has 0 atom stereocenters. The highest BCUT2D eigenvalue weighted by molar-refractivity contribution is 7.09. The van der Waals surface area contributed by atoms with E-state index in [4.69, 9.17) is 9.47 Å². The summed E-state index contributed by atoms with van der Waals surface area (Å²) in [6.07, 6.45) is 0. The number of fused-ring (bicyclic) bond motifs is 1. The van der Waals surface area contributed by atoms with Gasteiger partial charge in [-0.1, -0.05) is 0 Å². The van der Waals surface area contributed by atoms with Crippen molar-refractivity contribution in [2.45, 2.75) is 0 Å². The molecule has 0 fully saturated rings. The molecule has 0 amide bonds. The molecular weight excluding hydrogens is 250 g/mol. The van der Waals surface area contributed by atoms with Gasteiger partial charge >= 0.3 is 0 Å². The van der Waals surface area contributed by atoms with Crippen LogP contribution in [0.2, 0.25) is 0 Å². The fourth-order valence-corrected chi connectivity index (χ4v) is 2.42. The van der Waals surface area contributed by atoms with Crippen molar-refractivity contribution in [3.63, 3.8) is 0 Å². The van der Waals surface area contributed by atoms with E-state index in [0.717, 1.165) is 28.0 Å². The van der Waals surface area contributed by atoms with Gasteiger partial charge in [-0.3, -0.25) is 0 Å². The lowest BCUT2D eigenvalue weighted by molar-refractivity contribution is 0.171. The van der Waals surface area contributed by atoms with E-state index < -0.39 is 0 Å². The van der Waals surface area contributed by atoms with Crippen molar-refractivity contribution >= 4 is 17.5 Å². The van der Waals surface area contributed by atoms with E-state index in [9.17, 15) is 0 Å². The van der Waals surface area contributed by atoms with Gasteiger partial charge in [0.1, 0.15) is 18.2 Å². The molecule has 2 aromatic rings. The molecule has 0 saturated heterocycles. The predicted molar refractivity (Wildman–Crippen MR) is 70.7 cm³/mol. The Morgan fingerprint density at radius 2 is 1.94 bits per heavy atom. The Hall–Kier alpha value is -1.82. The fraction of sp³-hybridized carbons (Fsp3) is 0.333. The lowest BCUT2D eigenvalue weighted by atomic mass is 10.2. The Bertz CT molecular complexity index is 568. The Morgan fingerprint density at radius 1 is 1.17 bits per heavy atom. The molecule has 3 rings (SSSR count). The van der Waals surface area contributed by atoms with Crippen molar-refractivity contribution in [3.05, 3.63) is 18.2 Å². The summed E-state index contributed by atoms with van der Waals surface area (Å²) in [6.45, 7) is 1.20. The molecule has 0 saturated carbocycles. The van der Waals surface area contributed by atoms with Gasteiger partial charge < -0.3 is 14.4 Å². The molecule has 1 aliphatic rings. The van der Waals surface area contributed by atoms with Crippen molar-refractivity contribution in [3.8, 4) is 22.1 Å². The van der Waals surface area contributed by atoms with E-state index in [0.29, 0.717) is 13.2 Å². The third-order valence-electron chi connectivity index (χ3n) is 2.60. The molecular formula is C12H13N3O2S. The molecule has 1 aliphatic heterocycles. The smallest absolute Gasteiger partial charge is 0.237 e. The highest BCUT2D eigenvalue weighted by atomic mass is 32.1. The monoisotopic (exact) mass is 263 g/mol. The molecule has 0 radical (unpaired) electrons. The van der Waals surface area contributed by atoms with Gasteiger partial charge in [-0.05, 0) is 29.7 Å². The Balaban J connectivity index is 1.95.